The third-order valence-corrected chi connectivity index (χ3v) is 4.34. The molecule has 21 heavy (non-hydrogen) atoms. The maximum atomic E-state index is 12.0. The predicted octanol–water partition coefficient (Wildman–Crippen LogP) is 3.27. The van der Waals surface area contributed by atoms with Gasteiger partial charge in [0.05, 0.1) is 4.88 Å². The number of hydrogen-bond donors (Lipinski definition) is 2. The summed E-state index contributed by atoms with van der Waals surface area (Å²) in [4.78, 5) is 24.8. The first kappa shape index (κ1) is 13.8. The van der Waals surface area contributed by atoms with E-state index in [0.717, 1.165) is 33.8 Å². The van der Waals surface area contributed by atoms with Crippen molar-refractivity contribution in [3.8, 4) is 10.4 Å². The van der Waals surface area contributed by atoms with Crippen molar-refractivity contribution in [2.24, 2.45) is 0 Å². The average molecular weight is 300 g/mol. The van der Waals surface area contributed by atoms with Gasteiger partial charge in [-0.1, -0.05) is 12.1 Å². The van der Waals surface area contributed by atoms with Gasteiger partial charge in [-0.25, -0.2) is 0 Å². The van der Waals surface area contributed by atoms with Crippen molar-refractivity contribution in [2.45, 2.75) is 25.8 Å². The normalized spacial score (nSPS) is 13.8. The highest BCUT2D eigenvalue weighted by Crippen LogP contribution is 2.30. The lowest BCUT2D eigenvalue weighted by Gasteiger charge is -2.04. The molecule has 1 aromatic heterocycles. The smallest absolute Gasteiger partial charge is 0.261 e. The molecule has 108 valence electrons. The van der Waals surface area contributed by atoms with Crippen LogP contribution in [0.4, 0.5) is 5.69 Å². The summed E-state index contributed by atoms with van der Waals surface area (Å²) in [5, 5.41) is 5.75. The Hall–Kier alpha value is -2.14. The van der Waals surface area contributed by atoms with Crippen LogP contribution in [0.2, 0.25) is 0 Å². The Morgan fingerprint density at radius 2 is 2.00 bits per heavy atom. The second-order valence-corrected chi connectivity index (χ2v) is 6.26. The highest BCUT2D eigenvalue weighted by atomic mass is 32.1. The molecule has 2 aromatic rings. The maximum absolute atomic E-state index is 12.0. The number of amides is 2. The molecule has 0 spiro atoms. The van der Waals surface area contributed by atoms with E-state index < -0.39 is 0 Å². The first-order chi connectivity index (χ1) is 10.1. The Balaban J connectivity index is 1.78. The largest absolute Gasteiger partial charge is 0.349 e. The van der Waals surface area contributed by atoms with Gasteiger partial charge < -0.3 is 10.6 Å². The Bertz CT molecular complexity index is 689. The van der Waals surface area contributed by atoms with Crippen LogP contribution in [-0.2, 0) is 4.79 Å². The van der Waals surface area contributed by atoms with Gasteiger partial charge in [0.15, 0.2) is 0 Å². The highest BCUT2D eigenvalue weighted by molar-refractivity contribution is 7.17. The van der Waals surface area contributed by atoms with Crippen LogP contribution in [-0.4, -0.2) is 17.9 Å². The van der Waals surface area contributed by atoms with E-state index in [-0.39, 0.29) is 11.8 Å². The summed E-state index contributed by atoms with van der Waals surface area (Å²) in [6.45, 7) is 1.48. The fourth-order valence-corrected chi connectivity index (χ4v) is 2.96. The van der Waals surface area contributed by atoms with Crippen LogP contribution in [0.15, 0.2) is 36.4 Å². The molecule has 5 heteroatoms. The van der Waals surface area contributed by atoms with E-state index in [1.807, 2.05) is 36.4 Å². The number of hydrogen-bond acceptors (Lipinski definition) is 3. The molecule has 1 aliphatic rings. The topological polar surface area (TPSA) is 58.2 Å². The monoisotopic (exact) mass is 300 g/mol. The van der Waals surface area contributed by atoms with Crippen LogP contribution in [0.1, 0.15) is 29.4 Å². The number of carbonyl (C=O) groups excluding carboxylic acids is 2. The van der Waals surface area contributed by atoms with Gasteiger partial charge in [-0.3, -0.25) is 9.59 Å². The third kappa shape index (κ3) is 3.49. The Kier molecular flexibility index (Phi) is 3.75. The zero-order valence-corrected chi connectivity index (χ0v) is 12.5. The first-order valence-corrected chi connectivity index (χ1v) is 7.72. The molecule has 1 fully saturated rings. The molecule has 1 heterocycles. The minimum absolute atomic E-state index is 0.00626. The van der Waals surface area contributed by atoms with Crippen molar-refractivity contribution in [3.63, 3.8) is 0 Å². The number of nitrogens with one attached hydrogen (secondary N) is 2. The maximum Gasteiger partial charge on any atom is 0.261 e. The van der Waals surface area contributed by atoms with Gasteiger partial charge in [0.25, 0.3) is 5.91 Å². The van der Waals surface area contributed by atoms with Crippen LogP contribution in [0.25, 0.3) is 10.4 Å². The van der Waals surface area contributed by atoms with Crippen LogP contribution >= 0.6 is 11.3 Å². The SMILES string of the molecule is CC(=O)Nc1cccc(-c2ccc(C(=O)NC3CC3)s2)c1. The van der Waals surface area contributed by atoms with Crippen molar-refractivity contribution in [3.05, 3.63) is 41.3 Å². The van der Waals surface area contributed by atoms with Gasteiger partial charge in [0.2, 0.25) is 5.91 Å². The van der Waals surface area contributed by atoms with Gasteiger partial charge in [0.1, 0.15) is 0 Å². The molecule has 0 radical (unpaired) electrons. The van der Waals surface area contributed by atoms with E-state index >= 15 is 0 Å². The molecule has 3 rings (SSSR count). The van der Waals surface area contributed by atoms with Gasteiger partial charge in [-0.15, -0.1) is 11.3 Å². The summed E-state index contributed by atoms with van der Waals surface area (Å²) in [6.07, 6.45) is 2.17. The van der Waals surface area contributed by atoms with E-state index in [2.05, 4.69) is 10.6 Å². The fourth-order valence-electron chi connectivity index (χ4n) is 2.05. The second kappa shape index (κ2) is 5.69. The Labute approximate surface area is 127 Å². The van der Waals surface area contributed by atoms with Crippen molar-refractivity contribution in [1.82, 2.24) is 5.32 Å². The lowest BCUT2D eigenvalue weighted by molar-refractivity contribution is -0.114. The van der Waals surface area contributed by atoms with Crippen molar-refractivity contribution in [1.29, 1.82) is 0 Å². The molecule has 4 nitrogen and oxygen atoms in total. The summed E-state index contributed by atoms with van der Waals surface area (Å²) in [7, 11) is 0. The minimum atomic E-state index is -0.0946. The van der Waals surface area contributed by atoms with Crippen molar-refractivity contribution < 1.29 is 9.59 Å². The van der Waals surface area contributed by atoms with Crippen LogP contribution in [0, 0.1) is 0 Å². The van der Waals surface area contributed by atoms with Crippen molar-refractivity contribution >= 4 is 28.8 Å². The fraction of sp³-hybridized carbons (Fsp3) is 0.250. The number of anilines is 1. The predicted molar refractivity (Wildman–Crippen MR) is 84.5 cm³/mol. The second-order valence-electron chi connectivity index (χ2n) is 5.17. The van der Waals surface area contributed by atoms with Gasteiger partial charge in [0, 0.05) is 23.5 Å². The van der Waals surface area contributed by atoms with Crippen LogP contribution in [0.5, 0.6) is 0 Å². The van der Waals surface area contributed by atoms with Crippen LogP contribution < -0.4 is 10.6 Å². The lowest BCUT2D eigenvalue weighted by atomic mass is 10.1. The average Bonchev–Trinajstić information content (AvgIpc) is 3.11. The molecule has 2 amide bonds. The number of thiophene rings is 1. The van der Waals surface area contributed by atoms with Crippen molar-refractivity contribution in [2.75, 3.05) is 5.32 Å². The molecule has 0 aliphatic heterocycles. The zero-order valence-electron chi connectivity index (χ0n) is 11.7. The van der Waals surface area contributed by atoms with Crippen LogP contribution in [0.3, 0.4) is 0 Å². The quantitative estimate of drug-likeness (QED) is 0.910. The summed E-state index contributed by atoms with van der Waals surface area (Å²) in [5.41, 5.74) is 1.76. The molecule has 0 saturated heterocycles. The minimum Gasteiger partial charge on any atom is -0.349 e. The molecule has 1 aromatic carbocycles. The molecule has 2 N–H and O–H groups in total. The molecular weight excluding hydrogens is 284 g/mol. The zero-order chi connectivity index (χ0) is 14.8. The van der Waals surface area contributed by atoms with Gasteiger partial charge in [-0.05, 0) is 42.7 Å². The van der Waals surface area contributed by atoms with E-state index in [1.54, 1.807) is 0 Å². The molecule has 0 atom stereocenters. The first-order valence-electron chi connectivity index (χ1n) is 6.90. The van der Waals surface area contributed by atoms with E-state index in [9.17, 15) is 9.59 Å². The van der Waals surface area contributed by atoms with E-state index in [0.29, 0.717) is 6.04 Å². The standard InChI is InChI=1S/C16H16N2O2S/c1-10(19)17-13-4-2-3-11(9-13)14-7-8-15(21-14)16(20)18-12-5-6-12/h2-4,7-9,12H,5-6H2,1H3,(H,17,19)(H,18,20). The molecule has 1 aliphatic carbocycles. The number of benzene rings is 1. The summed E-state index contributed by atoms with van der Waals surface area (Å²) in [6, 6.07) is 11.8. The summed E-state index contributed by atoms with van der Waals surface area (Å²) in [5.74, 6) is -0.0883. The molecule has 1 saturated carbocycles. The Morgan fingerprint density at radius 1 is 1.19 bits per heavy atom. The summed E-state index contributed by atoms with van der Waals surface area (Å²) >= 11 is 1.47. The highest BCUT2D eigenvalue weighted by Gasteiger charge is 2.24. The van der Waals surface area contributed by atoms with Gasteiger partial charge in [-0.2, -0.15) is 0 Å². The summed E-state index contributed by atoms with van der Waals surface area (Å²) < 4.78 is 0. The van der Waals surface area contributed by atoms with Gasteiger partial charge >= 0.3 is 0 Å². The lowest BCUT2D eigenvalue weighted by Crippen LogP contribution is -2.24. The molecular formula is C16H16N2O2S. The number of rotatable bonds is 4. The third-order valence-electron chi connectivity index (χ3n) is 3.21. The molecule has 0 unspecified atom stereocenters. The van der Waals surface area contributed by atoms with E-state index in [1.165, 1.54) is 18.3 Å². The number of carbonyl (C=O) groups is 2. The molecule has 0 bridgehead atoms. The van der Waals surface area contributed by atoms with E-state index in [4.69, 9.17) is 0 Å². The Morgan fingerprint density at radius 3 is 2.71 bits per heavy atom.